The molecule has 2 rings (SSSR count). The smallest absolute Gasteiger partial charge is 0.255 e. The molecule has 110 valence electrons. The maximum absolute atomic E-state index is 13.3. The van der Waals surface area contributed by atoms with Crippen molar-refractivity contribution in [3.63, 3.8) is 0 Å². The van der Waals surface area contributed by atoms with Gasteiger partial charge in [-0.2, -0.15) is 0 Å². The number of carbonyl (C=O) groups excluding carboxylic acids is 1. The van der Waals surface area contributed by atoms with E-state index in [1.165, 1.54) is 6.07 Å². The first kappa shape index (κ1) is 14.7. The monoisotopic (exact) mass is 281 g/mol. The van der Waals surface area contributed by atoms with Gasteiger partial charge in [-0.1, -0.05) is 6.92 Å². The fraction of sp³-hybridized carbons (Fsp3) is 0.571. The Balaban J connectivity index is 2.00. The molecule has 1 amide bonds. The molecule has 1 unspecified atom stereocenters. The van der Waals surface area contributed by atoms with E-state index in [0.29, 0.717) is 18.9 Å². The molecule has 1 fully saturated rings. The second-order valence-corrected chi connectivity index (χ2v) is 4.82. The summed E-state index contributed by atoms with van der Waals surface area (Å²) in [6, 6.07) is 1.20. The number of nitrogens with one attached hydrogen (secondary N) is 2. The highest BCUT2D eigenvalue weighted by Gasteiger charge is 2.18. The van der Waals surface area contributed by atoms with Gasteiger partial charge in [-0.05, 0) is 25.3 Å². The molecule has 5 nitrogen and oxygen atoms in total. The van der Waals surface area contributed by atoms with E-state index >= 15 is 0 Å². The second kappa shape index (κ2) is 7.19. The predicted octanol–water partition coefficient (Wildman–Crippen LogP) is 1.95. The second-order valence-electron chi connectivity index (χ2n) is 4.82. The Bertz CT molecular complexity index is 462. The van der Waals surface area contributed by atoms with Crippen LogP contribution in [0.5, 0.6) is 0 Å². The highest BCUT2D eigenvalue weighted by molar-refractivity contribution is 5.98. The summed E-state index contributed by atoms with van der Waals surface area (Å²) in [5.74, 6) is -0.432. The zero-order valence-corrected chi connectivity index (χ0v) is 11.6. The van der Waals surface area contributed by atoms with E-state index in [-0.39, 0.29) is 17.6 Å². The predicted molar refractivity (Wildman–Crippen MR) is 74.3 cm³/mol. The molecule has 2 N–H and O–H groups in total. The van der Waals surface area contributed by atoms with Crippen LogP contribution >= 0.6 is 0 Å². The van der Waals surface area contributed by atoms with Crippen LogP contribution in [-0.4, -0.2) is 36.7 Å². The Morgan fingerprint density at radius 3 is 3.15 bits per heavy atom. The summed E-state index contributed by atoms with van der Waals surface area (Å²) in [6.07, 6.45) is 4.03. The summed E-state index contributed by atoms with van der Waals surface area (Å²) in [5.41, 5.74) is 0.233. The van der Waals surface area contributed by atoms with E-state index in [1.54, 1.807) is 0 Å². The van der Waals surface area contributed by atoms with Gasteiger partial charge in [0.15, 0.2) is 0 Å². The molecular weight excluding hydrogens is 261 g/mol. The van der Waals surface area contributed by atoms with Crippen molar-refractivity contribution in [1.29, 1.82) is 0 Å². The molecule has 1 aliphatic heterocycles. The van der Waals surface area contributed by atoms with Gasteiger partial charge in [0.05, 0.1) is 17.9 Å². The van der Waals surface area contributed by atoms with E-state index < -0.39 is 5.82 Å². The van der Waals surface area contributed by atoms with Crippen LogP contribution in [0.3, 0.4) is 0 Å². The van der Waals surface area contributed by atoms with Gasteiger partial charge < -0.3 is 15.4 Å². The quantitative estimate of drug-likeness (QED) is 0.836. The van der Waals surface area contributed by atoms with Crippen LogP contribution in [0.1, 0.15) is 36.5 Å². The highest BCUT2D eigenvalue weighted by atomic mass is 19.1. The minimum atomic E-state index is -0.519. The number of anilines is 1. The van der Waals surface area contributed by atoms with Gasteiger partial charge in [-0.15, -0.1) is 0 Å². The fourth-order valence-corrected chi connectivity index (χ4v) is 2.10. The Hall–Kier alpha value is -1.69. The van der Waals surface area contributed by atoms with Crippen LogP contribution in [0.15, 0.2) is 12.3 Å². The van der Waals surface area contributed by atoms with Crippen LogP contribution in [0.25, 0.3) is 0 Å². The van der Waals surface area contributed by atoms with Gasteiger partial charge in [0, 0.05) is 19.7 Å². The Labute approximate surface area is 117 Å². The molecule has 1 saturated heterocycles. The Morgan fingerprint density at radius 2 is 2.45 bits per heavy atom. The summed E-state index contributed by atoms with van der Waals surface area (Å²) >= 11 is 0. The normalized spacial score (nSPS) is 18.0. The van der Waals surface area contributed by atoms with Crippen molar-refractivity contribution in [1.82, 2.24) is 10.3 Å². The number of ether oxygens (including phenoxy) is 1. The van der Waals surface area contributed by atoms with Crippen LogP contribution in [-0.2, 0) is 4.74 Å². The van der Waals surface area contributed by atoms with E-state index in [0.717, 1.165) is 32.1 Å². The van der Waals surface area contributed by atoms with Crippen molar-refractivity contribution in [2.45, 2.75) is 32.3 Å². The molecule has 1 aliphatic rings. The molecule has 0 spiro atoms. The topological polar surface area (TPSA) is 63.2 Å². The lowest BCUT2D eigenvalue weighted by atomic mass is 10.2. The zero-order valence-electron chi connectivity index (χ0n) is 11.6. The lowest BCUT2D eigenvalue weighted by Crippen LogP contribution is -2.32. The first-order valence-electron chi connectivity index (χ1n) is 7.00. The number of rotatable bonds is 6. The molecule has 1 aromatic heterocycles. The number of hydrogen-bond acceptors (Lipinski definition) is 4. The molecule has 1 atom stereocenters. The fourth-order valence-electron chi connectivity index (χ4n) is 2.10. The zero-order chi connectivity index (χ0) is 14.4. The van der Waals surface area contributed by atoms with Crippen LogP contribution in [0.2, 0.25) is 0 Å². The highest BCUT2D eigenvalue weighted by Crippen LogP contribution is 2.15. The number of hydrogen-bond donors (Lipinski definition) is 2. The van der Waals surface area contributed by atoms with E-state index in [4.69, 9.17) is 4.74 Å². The molecule has 0 saturated carbocycles. The van der Waals surface area contributed by atoms with E-state index in [1.807, 2.05) is 6.92 Å². The van der Waals surface area contributed by atoms with Crippen LogP contribution < -0.4 is 10.6 Å². The van der Waals surface area contributed by atoms with Crippen molar-refractivity contribution in [3.05, 3.63) is 23.6 Å². The summed E-state index contributed by atoms with van der Waals surface area (Å²) in [7, 11) is 0. The van der Waals surface area contributed by atoms with E-state index in [9.17, 15) is 9.18 Å². The molecule has 6 heteroatoms. The average Bonchev–Trinajstić information content (AvgIpc) is 2.96. The SMILES string of the molecule is CCCNc1ncc(F)cc1C(=O)NCC1CCCO1. The lowest BCUT2D eigenvalue weighted by molar-refractivity contribution is 0.0858. The molecule has 1 aromatic rings. The molecular formula is C14H20FN3O2. The lowest BCUT2D eigenvalue weighted by Gasteiger charge is -2.13. The van der Waals surface area contributed by atoms with Gasteiger partial charge in [-0.3, -0.25) is 4.79 Å². The number of nitrogens with zero attached hydrogens (tertiary/aromatic N) is 1. The minimum Gasteiger partial charge on any atom is -0.376 e. The third kappa shape index (κ3) is 3.90. The summed E-state index contributed by atoms with van der Waals surface area (Å²) in [6.45, 7) is 3.88. The summed E-state index contributed by atoms with van der Waals surface area (Å²) < 4.78 is 18.7. The average molecular weight is 281 g/mol. The molecule has 20 heavy (non-hydrogen) atoms. The number of aromatic nitrogens is 1. The molecule has 0 radical (unpaired) electrons. The van der Waals surface area contributed by atoms with Crippen molar-refractivity contribution < 1.29 is 13.9 Å². The number of carbonyl (C=O) groups is 1. The maximum Gasteiger partial charge on any atom is 0.255 e. The Kier molecular flexibility index (Phi) is 5.29. The van der Waals surface area contributed by atoms with Crippen molar-refractivity contribution in [2.24, 2.45) is 0 Å². The van der Waals surface area contributed by atoms with Gasteiger partial charge in [0.2, 0.25) is 0 Å². The molecule has 0 bridgehead atoms. The van der Waals surface area contributed by atoms with Gasteiger partial charge in [-0.25, -0.2) is 9.37 Å². The van der Waals surface area contributed by atoms with Gasteiger partial charge in [0.25, 0.3) is 5.91 Å². The molecule has 2 heterocycles. The van der Waals surface area contributed by atoms with Gasteiger partial charge in [0.1, 0.15) is 11.6 Å². The maximum atomic E-state index is 13.3. The van der Waals surface area contributed by atoms with Crippen LogP contribution in [0.4, 0.5) is 10.2 Å². The van der Waals surface area contributed by atoms with Crippen LogP contribution in [0, 0.1) is 5.82 Å². The third-order valence-electron chi connectivity index (χ3n) is 3.16. The first-order valence-corrected chi connectivity index (χ1v) is 7.00. The molecule has 0 aliphatic carbocycles. The standard InChI is InChI=1S/C14H20FN3O2/c1-2-5-16-13-12(7-10(15)8-17-13)14(19)18-9-11-4-3-6-20-11/h7-8,11H,2-6,9H2,1H3,(H,16,17)(H,18,19). The Morgan fingerprint density at radius 1 is 1.60 bits per heavy atom. The molecule has 0 aromatic carbocycles. The van der Waals surface area contributed by atoms with Gasteiger partial charge >= 0.3 is 0 Å². The first-order chi connectivity index (χ1) is 9.70. The third-order valence-corrected chi connectivity index (χ3v) is 3.16. The number of amides is 1. The van der Waals surface area contributed by atoms with Crippen molar-refractivity contribution in [3.8, 4) is 0 Å². The summed E-state index contributed by atoms with van der Waals surface area (Å²) in [5, 5.41) is 5.80. The van der Waals surface area contributed by atoms with E-state index in [2.05, 4.69) is 15.6 Å². The number of pyridine rings is 1. The minimum absolute atomic E-state index is 0.0625. The summed E-state index contributed by atoms with van der Waals surface area (Å²) in [4.78, 5) is 16.1. The van der Waals surface area contributed by atoms with Crippen molar-refractivity contribution >= 4 is 11.7 Å². The van der Waals surface area contributed by atoms with Crippen molar-refractivity contribution in [2.75, 3.05) is 25.0 Å². The largest absolute Gasteiger partial charge is 0.376 e. The number of halogens is 1.